The molecule has 0 aromatic carbocycles. The van der Waals surface area contributed by atoms with Gasteiger partial charge in [-0.3, -0.25) is 4.90 Å². The standard InChI is InChI=1S/C17H25N5O3.C2H2O4.C2H6/c1-3-25-10-9-22-15(19-14-5-4-6-18-16(14)22)12-20-7-8-21(17(23)24)13(2)11-20;3-1(4)2(5)6;1-2/h4-6,13H,3,7-12H2,1-2H3,(H,23,24);(H,3,4)(H,5,6);1-2H3/p-3. The summed E-state index contributed by atoms with van der Waals surface area (Å²) >= 11 is 0. The van der Waals surface area contributed by atoms with Gasteiger partial charge in [0.05, 0.1) is 25.1 Å². The maximum absolute atomic E-state index is 11.1. The van der Waals surface area contributed by atoms with Crippen LogP contribution in [0, 0.1) is 0 Å². The van der Waals surface area contributed by atoms with E-state index in [1.54, 1.807) is 6.20 Å². The number of carbonyl (C=O) groups excluding carboxylic acids is 3. The molecule has 1 saturated heterocycles. The third-order valence-electron chi connectivity index (χ3n) is 4.72. The number of hydrogen-bond donors (Lipinski definition) is 0. The van der Waals surface area contributed by atoms with Crippen molar-refractivity contribution in [3.8, 4) is 0 Å². The van der Waals surface area contributed by atoms with Gasteiger partial charge in [-0.25, -0.2) is 9.97 Å². The molecule has 0 radical (unpaired) electrons. The predicted octanol–water partition coefficient (Wildman–Crippen LogP) is -2.17. The Balaban J connectivity index is 0.000000593. The molecule has 0 N–H and O–H groups in total. The highest BCUT2D eigenvalue weighted by atomic mass is 16.5. The topological polar surface area (TPSA) is 167 Å². The number of fused-ring (bicyclic) bond motifs is 1. The first-order chi connectivity index (χ1) is 15.7. The molecule has 3 rings (SSSR count). The zero-order valence-corrected chi connectivity index (χ0v) is 19.4. The molecule has 0 saturated carbocycles. The van der Waals surface area contributed by atoms with Crippen molar-refractivity contribution in [1.29, 1.82) is 0 Å². The number of pyridine rings is 1. The van der Waals surface area contributed by atoms with Gasteiger partial charge in [-0.1, -0.05) is 13.8 Å². The van der Waals surface area contributed by atoms with Crippen LogP contribution >= 0.6 is 0 Å². The summed E-state index contributed by atoms with van der Waals surface area (Å²) in [6.45, 7) is 12.3. The number of aromatic nitrogens is 3. The van der Waals surface area contributed by atoms with Gasteiger partial charge in [-0.05, 0) is 26.0 Å². The molecule has 0 aliphatic carbocycles. The van der Waals surface area contributed by atoms with Crippen LogP contribution in [0.25, 0.3) is 11.2 Å². The van der Waals surface area contributed by atoms with E-state index in [1.165, 1.54) is 4.90 Å². The summed E-state index contributed by atoms with van der Waals surface area (Å²) in [5.74, 6) is -3.44. The average Bonchev–Trinajstić information content (AvgIpc) is 3.12. The number of imidazole rings is 1. The van der Waals surface area contributed by atoms with Crippen molar-refractivity contribution in [3.05, 3.63) is 24.2 Å². The lowest BCUT2D eigenvalue weighted by Gasteiger charge is -2.41. The summed E-state index contributed by atoms with van der Waals surface area (Å²) in [5, 5.41) is 29.0. The normalized spacial score (nSPS) is 15.8. The number of aliphatic carboxylic acids is 2. The number of rotatable bonds is 6. The molecule has 33 heavy (non-hydrogen) atoms. The molecule has 2 aromatic rings. The molecule has 1 aliphatic rings. The molecule has 12 heteroatoms. The average molecular weight is 464 g/mol. The highest BCUT2D eigenvalue weighted by molar-refractivity contribution is 6.25. The fourth-order valence-corrected chi connectivity index (χ4v) is 3.31. The Labute approximate surface area is 192 Å². The molecule has 1 atom stereocenters. The van der Waals surface area contributed by atoms with E-state index < -0.39 is 18.0 Å². The van der Waals surface area contributed by atoms with E-state index in [9.17, 15) is 9.90 Å². The van der Waals surface area contributed by atoms with Gasteiger partial charge in [0.25, 0.3) is 0 Å². The second kappa shape index (κ2) is 14.0. The van der Waals surface area contributed by atoms with Crippen molar-refractivity contribution in [2.75, 3.05) is 32.8 Å². The lowest BCUT2D eigenvalue weighted by atomic mass is 10.2. The van der Waals surface area contributed by atoms with E-state index >= 15 is 0 Å². The Morgan fingerprint density at radius 1 is 1.15 bits per heavy atom. The molecule has 1 fully saturated rings. The third kappa shape index (κ3) is 8.31. The Hall–Kier alpha value is -3.25. The first-order valence-corrected chi connectivity index (χ1v) is 10.7. The van der Waals surface area contributed by atoms with E-state index in [4.69, 9.17) is 29.5 Å². The minimum absolute atomic E-state index is 0.0851. The van der Waals surface area contributed by atoms with E-state index in [0.717, 1.165) is 17.0 Å². The first kappa shape index (κ1) is 27.8. The van der Waals surface area contributed by atoms with Crippen molar-refractivity contribution < 1.29 is 34.4 Å². The number of piperazine rings is 1. The smallest absolute Gasteiger partial charge is 0.160 e. The van der Waals surface area contributed by atoms with Gasteiger partial charge >= 0.3 is 0 Å². The quantitative estimate of drug-likeness (QED) is 0.339. The van der Waals surface area contributed by atoms with E-state index in [-0.39, 0.29) is 6.04 Å². The first-order valence-electron chi connectivity index (χ1n) is 10.7. The number of nitrogens with zero attached hydrogens (tertiary/aromatic N) is 5. The number of ether oxygens (including phenoxy) is 1. The van der Waals surface area contributed by atoms with Crippen molar-refractivity contribution in [2.24, 2.45) is 0 Å². The largest absolute Gasteiger partial charge is 0.543 e. The van der Waals surface area contributed by atoms with Gasteiger partial charge in [0.15, 0.2) is 5.65 Å². The van der Waals surface area contributed by atoms with Gasteiger partial charge in [0.2, 0.25) is 0 Å². The number of hydrogen-bond acceptors (Lipinski definition) is 10. The Morgan fingerprint density at radius 2 is 1.82 bits per heavy atom. The Bertz CT molecular complexity index is 906. The summed E-state index contributed by atoms with van der Waals surface area (Å²) in [6, 6.07) is 3.75. The fraction of sp³-hybridized carbons (Fsp3) is 0.571. The summed E-state index contributed by atoms with van der Waals surface area (Å²) in [6.07, 6.45) is 0.673. The van der Waals surface area contributed by atoms with Crippen LogP contribution in [0.1, 0.15) is 33.5 Å². The maximum atomic E-state index is 11.1. The summed E-state index contributed by atoms with van der Waals surface area (Å²) in [7, 11) is 0. The van der Waals surface area contributed by atoms with Crippen molar-refractivity contribution in [2.45, 2.75) is 46.8 Å². The molecular weight excluding hydrogens is 434 g/mol. The zero-order chi connectivity index (χ0) is 25.0. The maximum Gasteiger partial charge on any atom is 0.160 e. The fourth-order valence-electron chi connectivity index (χ4n) is 3.31. The van der Waals surface area contributed by atoms with Crippen LogP contribution in [0.3, 0.4) is 0 Å². The van der Waals surface area contributed by atoms with Crippen LogP contribution in [-0.2, 0) is 27.4 Å². The molecule has 1 unspecified atom stereocenters. The molecule has 1 amide bonds. The number of amides is 1. The summed E-state index contributed by atoms with van der Waals surface area (Å²) in [5.41, 5.74) is 1.73. The Morgan fingerprint density at radius 3 is 2.36 bits per heavy atom. The van der Waals surface area contributed by atoms with Crippen LogP contribution in [0.2, 0.25) is 0 Å². The second-order valence-electron chi connectivity index (χ2n) is 6.84. The highest BCUT2D eigenvalue weighted by Crippen LogP contribution is 2.17. The highest BCUT2D eigenvalue weighted by Gasteiger charge is 2.25. The van der Waals surface area contributed by atoms with Crippen LogP contribution in [0.5, 0.6) is 0 Å². The van der Waals surface area contributed by atoms with E-state index in [1.807, 2.05) is 39.8 Å². The van der Waals surface area contributed by atoms with Crippen molar-refractivity contribution in [3.63, 3.8) is 0 Å². The summed E-state index contributed by atoms with van der Waals surface area (Å²) in [4.78, 5) is 41.7. The minimum atomic E-state index is -2.19. The molecule has 2 aromatic heterocycles. The SMILES string of the molecule is CC.CCOCCn1c(CN2CCN(C(=O)[O-])C(C)C2)nc2cccnc21.O=C([O-])C(=O)[O-]. The van der Waals surface area contributed by atoms with Gasteiger partial charge in [-0.2, -0.15) is 0 Å². The lowest BCUT2D eigenvalue weighted by Crippen LogP contribution is -2.57. The molecular formula is C21H30N5O7-3. The van der Waals surface area contributed by atoms with Gasteiger partial charge in [-0.15, -0.1) is 0 Å². The lowest BCUT2D eigenvalue weighted by molar-refractivity contribution is -0.345. The monoisotopic (exact) mass is 464 g/mol. The van der Waals surface area contributed by atoms with Crippen molar-refractivity contribution in [1.82, 2.24) is 24.3 Å². The number of carbonyl (C=O) groups is 3. The predicted molar refractivity (Wildman–Crippen MR) is 112 cm³/mol. The van der Waals surface area contributed by atoms with Crippen LogP contribution in [-0.4, -0.2) is 81.3 Å². The summed E-state index contributed by atoms with van der Waals surface area (Å²) < 4.78 is 7.59. The van der Waals surface area contributed by atoms with Gasteiger partial charge in [0, 0.05) is 45.0 Å². The van der Waals surface area contributed by atoms with Crippen LogP contribution in [0.15, 0.2) is 18.3 Å². The van der Waals surface area contributed by atoms with E-state index in [0.29, 0.717) is 45.9 Å². The van der Waals surface area contributed by atoms with Gasteiger partial charge in [0.1, 0.15) is 17.4 Å². The number of carboxylic acids is 2. The molecule has 184 valence electrons. The minimum Gasteiger partial charge on any atom is -0.543 e. The molecule has 3 heterocycles. The molecule has 0 spiro atoms. The molecule has 12 nitrogen and oxygen atoms in total. The van der Waals surface area contributed by atoms with E-state index in [2.05, 4.69) is 14.5 Å². The number of carboxylic acid groups (broad SMARTS) is 3. The molecule has 0 bridgehead atoms. The van der Waals surface area contributed by atoms with Crippen LogP contribution < -0.4 is 15.3 Å². The third-order valence-corrected chi connectivity index (χ3v) is 4.72. The van der Waals surface area contributed by atoms with Gasteiger partial charge < -0.3 is 43.9 Å². The van der Waals surface area contributed by atoms with Crippen molar-refractivity contribution >= 4 is 29.2 Å². The second-order valence-corrected chi connectivity index (χ2v) is 6.84. The molecule has 1 aliphatic heterocycles. The zero-order valence-electron chi connectivity index (χ0n) is 19.4. The van der Waals surface area contributed by atoms with Crippen LogP contribution in [0.4, 0.5) is 4.79 Å². The Kier molecular flexibility index (Phi) is 11.8.